The summed E-state index contributed by atoms with van der Waals surface area (Å²) in [5.74, 6) is 0. The molecule has 118 valence electrons. The van der Waals surface area contributed by atoms with Gasteiger partial charge in [0.2, 0.25) is 0 Å². The van der Waals surface area contributed by atoms with Gasteiger partial charge in [0, 0.05) is 26.1 Å². The Hall–Kier alpha value is -1.28. The molecular formula is C13H12F6O2. The number of hydrogen-bond donors (Lipinski definition) is 1. The van der Waals surface area contributed by atoms with E-state index < -0.39 is 29.1 Å². The molecule has 1 N–H and O–H groups in total. The van der Waals surface area contributed by atoms with Crippen LogP contribution in [0.5, 0.6) is 0 Å². The number of alkyl halides is 6. The molecule has 1 heterocycles. The molecule has 2 nitrogen and oxygen atoms in total. The van der Waals surface area contributed by atoms with Gasteiger partial charge in [-0.3, -0.25) is 0 Å². The summed E-state index contributed by atoms with van der Waals surface area (Å²) in [6.45, 7) is 0.155. The van der Waals surface area contributed by atoms with Crippen LogP contribution in [0.3, 0.4) is 0 Å². The monoisotopic (exact) mass is 314 g/mol. The summed E-state index contributed by atoms with van der Waals surface area (Å²) in [4.78, 5) is 0. The summed E-state index contributed by atoms with van der Waals surface area (Å²) >= 11 is 0. The molecule has 0 unspecified atom stereocenters. The van der Waals surface area contributed by atoms with Crippen LogP contribution in [-0.2, 0) is 22.7 Å². The number of aliphatic hydroxyl groups is 1. The molecule has 1 aromatic rings. The van der Waals surface area contributed by atoms with E-state index in [1.807, 2.05) is 0 Å². The molecule has 1 aromatic carbocycles. The first-order valence-electron chi connectivity index (χ1n) is 6.12. The number of rotatable bonds is 1. The Morgan fingerprint density at radius 1 is 0.857 bits per heavy atom. The van der Waals surface area contributed by atoms with Crippen LogP contribution in [0.15, 0.2) is 18.2 Å². The Kier molecular flexibility index (Phi) is 3.96. The first-order chi connectivity index (χ1) is 9.52. The van der Waals surface area contributed by atoms with Crippen molar-refractivity contribution in [2.75, 3.05) is 13.2 Å². The SMILES string of the molecule is OC1(c2cc(C(F)(F)F)cc(C(F)(F)F)c2)CCOCC1. The maximum atomic E-state index is 12.8. The molecule has 1 fully saturated rings. The summed E-state index contributed by atoms with van der Waals surface area (Å²) in [5.41, 5.74) is -4.97. The molecule has 1 aliphatic rings. The fourth-order valence-corrected chi connectivity index (χ4v) is 2.22. The fraction of sp³-hybridized carbons (Fsp3) is 0.538. The van der Waals surface area contributed by atoms with E-state index in [2.05, 4.69) is 0 Å². The summed E-state index contributed by atoms with van der Waals surface area (Å²) < 4.78 is 81.5. The minimum Gasteiger partial charge on any atom is -0.385 e. The zero-order valence-corrected chi connectivity index (χ0v) is 10.7. The van der Waals surface area contributed by atoms with E-state index in [1.165, 1.54) is 0 Å². The van der Waals surface area contributed by atoms with Gasteiger partial charge in [-0.2, -0.15) is 26.3 Å². The number of hydrogen-bond acceptors (Lipinski definition) is 2. The lowest BCUT2D eigenvalue weighted by atomic mass is 9.84. The first kappa shape index (κ1) is 16.1. The van der Waals surface area contributed by atoms with Gasteiger partial charge in [0.25, 0.3) is 0 Å². The van der Waals surface area contributed by atoms with Crippen LogP contribution in [0.2, 0.25) is 0 Å². The van der Waals surface area contributed by atoms with Crippen molar-refractivity contribution in [2.24, 2.45) is 0 Å². The molecule has 0 aromatic heterocycles. The second-order valence-corrected chi connectivity index (χ2v) is 4.94. The van der Waals surface area contributed by atoms with Crippen molar-refractivity contribution in [3.63, 3.8) is 0 Å². The first-order valence-corrected chi connectivity index (χ1v) is 6.12. The van der Waals surface area contributed by atoms with Gasteiger partial charge in [-0.05, 0) is 23.8 Å². The van der Waals surface area contributed by atoms with Crippen LogP contribution in [0, 0.1) is 0 Å². The molecule has 21 heavy (non-hydrogen) atoms. The predicted octanol–water partition coefficient (Wildman–Crippen LogP) is 3.72. The van der Waals surface area contributed by atoms with Gasteiger partial charge >= 0.3 is 12.4 Å². The molecule has 2 rings (SSSR count). The highest BCUT2D eigenvalue weighted by Gasteiger charge is 2.40. The maximum absolute atomic E-state index is 12.8. The van der Waals surface area contributed by atoms with E-state index in [0.29, 0.717) is 12.1 Å². The topological polar surface area (TPSA) is 29.5 Å². The molecule has 0 amide bonds. The van der Waals surface area contributed by atoms with Crippen LogP contribution in [-0.4, -0.2) is 18.3 Å². The molecule has 0 atom stereocenters. The minimum absolute atomic E-state index is 0.0478. The highest BCUT2D eigenvalue weighted by molar-refractivity contribution is 5.36. The molecule has 8 heteroatoms. The van der Waals surface area contributed by atoms with Gasteiger partial charge in [-0.25, -0.2) is 0 Å². The van der Waals surface area contributed by atoms with Gasteiger partial charge < -0.3 is 9.84 Å². The maximum Gasteiger partial charge on any atom is 0.416 e. The number of ether oxygens (including phenoxy) is 1. The zero-order chi connectivity index (χ0) is 15.9. The minimum atomic E-state index is -4.92. The van der Waals surface area contributed by atoms with Crippen LogP contribution >= 0.6 is 0 Å². The van der Waals surface area contributed by atoms with Crippen molar-refractivity contribution in [3.05, 3.63) is 34.9 Å². The normalized spacial score (nSPS) is 19.6. The van der Waals surface area contributed by atoms with Crippen molar-refractivity contribution >= 4 is 0 Å². The molecule has 0 spiro atoms. The van der Waals surface area contributed by atoms with E-state index in [-0.39, 0.29) is 37.7 Å². The van der Waals surface area contributed by atoms with Crippen molar-refractivity contribution in [1.82, 2.24) is 0 Å². The fourth-order valence-electron chi connectivity index (χ4n) is 2.22. The Labute approximate surface area is 116 Å². The standard InChI is InChI=1S/C13H12F6O2/c14-12(15,16)9-5-8(6-10(7-9)13(17,18)19)11(20)1-3-21-4-2-11/h5-7,20H,1-4H2. The van der Waals surface area contributed by atoms with Crippen LogP contribution in [0.25, 0.3) is 0 Å². The quantitative estimate of drug-likeness (QED) is 0.801. The van der Waals surface area contributed by atoms with Crippen molar-refractivity contribution in [1.29, 1.82) is 0 Å². The second-order valence-electron chi connectivity index (χ2n) is 4.94. The van der Waals surface area contributed by atoms with E-state index in [0.717, 1.165) is 0 Å². The summed E-state index contributed by atoms with van der Waals surface area (Å²) in [6, 6.07) is 1.19. The van der Waals surface area contributed by atoms with Gasteiger partial charge in [0.15, 0.2) is 0 Å². The van der Waals surface area contributed by atoms with Crippen LogP contribution in [0.1, 0.15) is 29.5 Å². The smallest absolute Gasteiger partial charge is 0.385 e. The average Bonchev–Trinajstić information content (AvgIpc) is 2.37. The van der Waals surface area contributed by atoms with Gasteiger partial charge in [-0.1, -0.05) is 0 Å². The lowest BCUT2D eigenvalue weighted by molar-refractivity contribution is -0.143. The van der Waals surface area contributed by atoms with E-state index in [1.54, 1.807) is 0 Å². The molecule has 1 aliphatic heterocycles. The Balaban J connectivity index is 2.55. The Bertz CT molecular complexity index is 482. The third-order valence-electron chi connectivity index (χ3n) is 3.44. The van der Waals surface area contributed by atoms with Gasteiger partial charge in [0.05, 0.1) is 16.7 Å². The second kappa shape index (κ2) is 5.17. The largest absolute Gasteiger partial charge is 0.416 e. The molecule has 1 saturated heterocycles. The van der Waals surface area contributed by atoms with Crippen molar-refractivity contribution in [3.8, 4) is 0 Å². The predicted molar refractivity (Wildman–Crippen MR) is 60.4 cm³/mol. The van der Waals surface area contributed by atoms with Crippen LogP contribution in [0.4, 0.5) is 26.3 Å². The van der Waals surface area contributed by atoms with E-state index in [4.69, 9.17) is 4.74 Å². The summed E-state index contributed by atoms with van der Waals surface area (Å²) in [7, 11) is 0. The number of halogens is 6. The van der Waals surface area contributed by atoms with Gasteiger partial charge in [-0.15, -0.1) is 0 Å². The van der Waals surface area contributed by atoms with E-state index >= 15 is 0 Å². The Morgan fingerprint density at radius 2 is 1.29 bits per heavy atom. The lowest BCUT2D eigenvalue weighted by Gasteiger charge is -2.33. The Morgan fingerprint density at radius 3 is 1.67 bits per heavy atom. The molecular weight excluding hydrogens is 302 g/mol. The highest BCUT2D eigenvalue weighted by Crippen LogP contribution is 2.40. The zero-order valence-electron chi connectivity index (χ0n) is 10.7. The summed E-state index contributed by atoms with van der Waals surface area (Å²) in [5, 5.41) is 10.3. The molecule has 0 radical (unpaired) electrons. The molecule has 0 saturated carbocycles. The molecule has 0 aliphatic carbocycles. The van der Waals surface area contributed by atoms with Gasteiger partial charge in [0.1, 0.15) is 0 Å². The third kappa shape index (κ3) is 3.49. The van der Waals surface area contributed by atoms with Crippen molar-refractivity contribution < 1.29 is 36.2 Å². The summed E-state index contributed by atoms with van der Waals surface area (Å²) in [6.07, 6.45) is -9.94. The average molecular weight is 314 g/mol. The van der Waals surface area contributed by atoms with Crippen LogP contribution < -0.4 is 0 Å². The van der Waals surface area contributed by atoms with E-state index in [9.17, 15) is 31.4 Å². The lowest BCUT2D eigenvalue weighted by Crippen LogP contribution is -2.34. The third-order valence-corrected chi connectivity index (χ3v) is 3.44. The highest BCUT2D eigenvalue weighted by atomic mass is 19.4. The molecule has 0 bridgehead atoms. The van der Waals surface area contributed by atoms with Crippen molar-refractivity contribution in [2.45, 2.75) is 30.8 Å². The number of benzene rings is 1.